The van der Waals surface area contributed by atoms with Crippen molar-refractivity contribution < 1.29 is 4.79 Å². The standard InChI is InChI=1S/C11H12N2O/c1-2-6-10(13-11(12)14)9-7-4-3-5-8-9/h1,3-5,7-8,10H,6H2,(H3,12,13,14)/t10-/m0/s1. The number of hydrogen-bond acceptors (Lipinski definition) is 1. The van der Waals surface area contributed by atoms with Gasteiger partial charge in [0.1, 0.15) is 0 Å². The number of terminal acetylenes is 1. The van der Waals surface area contributed by atoms with E-state index in [-0.39, 0.29) is 6.04 Å². The van der Waals surface area contributed by atoms with Gasteiger partial charge in [-0.1, -0.05) is 30.3 Å². The van der Waals surface area contributed by atoms with E-state index in [9.17, 15) is 4.79 Å². The van der Waals surface area contributed by atoms with Crippen molar-refractivity contribution in [2.45, 2.75) is 12.5 Å². The van der Waals surface area contributed by atoms with Crippen LogP contribution in [0.15, 0.2) is 30.3 Å². The van der Waals surface area contributed by atoms with Crippen LogP contribution < -0.4 is 11.1 Å². The molecule has 0 spiro atoms. The molecular formula is C11H12N2O. The van der Waals surface area contributed by atoms with Crippen LogP contribution in [0.4, 0.5) is 4.79 Å². The Morgan fingerprint density at radius 1 is 1.50 bits per heavy atom. The minimum atomic E-state index is -0.561. The normalized spacial score (nSPS) is 11.4. The molecule has 0 aliphatic heterocycles. The van der Waals surface area contributed by atoms with Crippen LogP contribution in [0.2, 0.25) is 0 Å². The number of amides is 2. The minimum absolute atomic E-state index is 0.196. The first-order valence-electron chi connectivity index (χ1n) is 4.28. The van der Waals surface area contributed by atoms with E-state index in [1.165, 1.54) is 0 Å². The molecule has 0 bridgehead atoms. The highest BCUT2D eigenvalue weighted by Crippen LogP contribution is 2.15. The number of benzene rings is 1. The number of hydrogen-bond donors (Lipinski definition) is 2. The molecule has 0 fully saturated rings. The van der Waals surface area contributed by atoms with E-state index in [0.29, 0.717) is 6.42 Å². The average Bonchev–Trinajstić information content (AvgIpc) is 2.18. The summed E-state index contributed by atoms with van der Waals surface area (Å²) in [6, 6.07) is 8.73. The molecule has 0 heterocycles. The van der Waals surface area contributed by atoms with Crippen molar-refractivity contribution in [1.82, 2.24) is 5.32 Å². The van der Waals surface area contributed by atoms with Crippen LogP contribution in [0.1, 0.15) is 18.0 Å². The molecule has 1 rings (SSSR count). The number of primary amides is 1. The molecule has 0 aliphatic carbocycles. The summed E-state index contributed by atoms with van der Waals surface area (Å²) in [6.07, 6.45) is 5.64. The third kappa shape index (κ3) is 2.83. The summed E-state index contributed by atoms with van der Waals surface area (Å²) in [7, 11) is 0. The van der Waals surface area contributed by atoms with Crippen molar-refractivity contribution in [3.8, 4) is 12.3 Å². The first-order valence-corrected chi connectivity index (χ1v) is 4.28. The van der Waals surface area contributed by atoms with E-state index in [1.54, 1.807) is 0 Å². The Kier molecular flexibility index (Phi) is 3.57. The molecule has 1 atom stereocenters. The highest BCUT2D eigenvalue weighted by molar-refractivity contribution is 5.72. The quantitative estimate of drug-likeness (QED) is 0.692. The summed E-state index contributed by atoms with van der Waals surface area (Å²) in [5.41, 5.74) is 6.00. The van der Waals surface area contributed by atoms with Crippen LogP contribution in [-0.4, -0.2) is 6.03 Å². The highest BCUT2D eigenvalue weighted by Gasteiger charge is 2.10. The summed E-state index contributed by atoms with van der Waals surface area (Å²) in [4.78, 5) is 10.7. The Morgan fingerprint density at radius 3 is 2.64 bits per heavy atom. The predicted molar refractivity (Wildman–Crippen MR) is 55.4 cm³/mol. The lowest BCUT2D eigenvalue weighted by Gasteiger charge is -2.14. The molecule has 0 unspecified atom stereocenters. The summed E-state index contributed by atoms with van der Waals surface area (Å²) in [5.74, 6) is 2.50. The Hall–Kier alpha value is -1.95. The maximum Gasteiger partial charge on any atom is 0.312 e. The Bertz CT molecular complexity index is 340. The molecular weight excluding hydrogens is 176 g/mol. The maximum absolute atomic E-state index is 10.7. The number of carbonyl (C=O) groups excluding carboxylic acids is 1. The van der Waals surface area contributed by atoms with Crippen molar-refractivity contribution in [3.63, 3.8) is 0 Å². The van der Waals surface area contributed by atoms with Crippen LogP contribution in [-0.2, 0) is 0 Å². The molecule has 14 heavy (non-hydrogen) atoms. The Labute approximate surface area is 83.3 Å². The number of carbonyl (C=O) groups is 1. The van der Waals surface area contributed by atoms with Gasteiger partial charge in [-0.05, 0) is 5.56 Å². The SMILES string of the molecule is C#CC[C@H](NC(N)=O)c1ccccc1. The summed E-state index contributed by atoms with van der Waals surface area (Å²) < 4.78 is 0. The van der Waals surface area contributed by atoms with E-state index >= 15 is 0 Å². The van der Waals surface area contributed by atoms with Crippen LogP contribution in [0.3, 0.4) is 0 Å². The number of nitrogens with two attached hydrogens (primary N) is 1. The van der Waals surface area contributed by atoms with E-state index in [4.69, 9.17) is 12.2 Å². The van der Waals surface area contributed by atoms with Gasteiger partial charge >= 0.3 is 6.03 Å². The third-order valence-corrected chi connectivity index (χ3v) is 1.84. The summed E-state index contributed by atoms with van der Waals surface area (Å²) >= 11 is 0. The van der Waals surface area contributed by atoms with Crippen molar-refractivity contribution in [1.29, 1.82) is 0 Å². The van der Waals surface area contributed by atoms with Gasteiger partial charge in [-0.2, -0.15) is 0 Å². The van der Waals surface area contributed by atoms with Crippen LogP contribution in [0.25, 0.3) is 0 Å². The molecule has 3 heteroatoms. The van der Waals surface area contributed by atoms with Gasteiger partial charge in [-0.25, -0.2) is 4.79 Å². The second kappa shape index (κ2) is 4.93. The fourth-order valence-corrected chi connectivity index (χ4v) is 1.23. The molecule has 2 amide bonds. The Balaban J connectivity index is 2.78. The fourth-order valence-electron chi connectivity index (χ4n) is 1.23. The topological polar surface area (TPSA) is 55.1 Å². The first kappa shape index (κ1) is 10.1. The monoisotopic (exact) mass is 188 g/mol. The molecule has 0 aromatic heterocycles. The zero-order valence-corrected chi connectivity index (χ0v) is 7.73. The van der Waals surface area contributed by atoms with Gasteiger partial charge in [0, 0.05) is 6.42 Å². The lowest BCUT2D eigenvalue weighted by molar-refractivity contribution is 0.245. The van der Waals surface area contributed by atoms with Gasteiger partial charge in [0.05, 0.1) is 6.04 Å². The molecule has 0 saturated heterocycles. The van der Waals surface area contributed by atoms with Crippen LogP contribution in [0.5, 0.6) is 0 Å². The van der Waals surface area contributed by atoms with Crippen LogP contribution >= 0.6 is 0 Å². The van der Waals surface area contributed by atoms with Crippen molar-refractivity contribution >= 4 is 6.03 Å². The van der Waals surface area contributed by atoms with Gasteiger partial charge in [0.15, 0.2) is 0 Å². The van der Waals surface area contributed by atoms with Gasteiger partial charge < -0.3 is 11.1 Å². The van der Waals surface area contributed by atoms with Crippen molar-refractivity contribution in [2.24, 2.45) is 5.73 Å². The zero-order chi connectivity index (χ0) is 10.4. The van der Waals surface area contributed by atoms with Gasteiger partial charge in [0.25, 0.3) is 0 Å². The van der Waals surface area contributed by atoms with Gasteiger partial charge in [-0.15, -0.1) is 12.3 Å². The third-order valence-electron chi connectivity index (χ3n) is 1.84. The van der Waals surface area contributed by atoms with E-state index in [1.807, 2.05) is 30.3 Å². The molecule has 0 aliphatic rings. The lowest BCUT2D eigenvalue weighted by atomic mass is 10.0. The van der Waals surface area contributed by atoms with Gasteiger partial charge in [0.2, 0.25) is 0 Å². The molecule has 1 aromatic carbocycles. The molecule has 3 N–H and O–H groups in total. The second-order valence-corrected chi connectivity index (χ2v) is 2.88. The molecule has 72 valence electrons. The van der Waals surface area contributed by atoms with E-state index in [0.717, 1.165) is 5.56 Å². The van der Waals surface area contributed by atoms with E-state index in [2.05, 4.69) is 11.2 Å². The number of urea groups is 1. The van der Waals surface area contributed by atoms with E-state index < -0.39 is 6.03 Å². The summed E-state index contributed by atoms with van der Waals surface area (Å²) in [6.45, 7) is 0. The fraction of sp³-hybridized carbons (Fsp3) is 0.182. The average molecular weight is 188 g/mol. The predicted octanol–water partition coefficient (Wildman–Crippen LogP) is 1.42. The first-order chi connectivity index (χ1) is 6.74. The maximum atomic E-state index is 10.7. The second-order valence-electron chi connectivity index (χ2n) is 2.88. The molecule has 0 saturated carbocycles. The summed E-state index contributed by atoms with van der Waals surface area (Å²) in [5, 5.41) is 2.59. The molecule has 0 radical (unpaired) electrons. The van der Waals surface area contributed by atoms with Crippen LogP contribution in [0, 0.1) is 12.3 Å². The smallest absolute Gasteiger partial charge is 0.312 e. The number of nitrogens with one attached hydrogen (secondary N) is 1. The zero-order valence-electron chi connectivity index (χ0n) is 7.73. The minimum Gasteiger partial charge on any atom is -0.352 e. The molecule has 3 nitrogen and oxygen atoms in total. The lowest BCUT2D eigenvalue weighted by Crippen LogP contribution is -2.33. The van der Waals surface area contributed by atoms with Gasteiger partial charge in [-0.3, -0.25) is 0 Å². The highest BCUT2D eigenvalue weighted by atomic mass is 16.2. The Morgan fingerprint density at radius 2 is 2.14 bits per heavy atom. The largest absolute Gasteiger partial charge is 0.352 e. The molecule has 1 aromatic rings. The van der Waals surface area contributed by atoms with Crippen molar-refractivity contribution in [2.75, 3.05) is 0 Å². The van der Waals surface area contributed by atoms with Crippen molar-refractivity contribution in [3.05, 3.63) is 35.9 Å². The number of rotatable bonds is 3.